The third kappa shape index (κ3) is 2.49. The van der Waals surface area contributed by atoms with Crippen molar-refractivity contribution < 1.29 is 0 Å². The van der Waals surface area contributed by atoms with Crippen LogP contribution in [0.3, 0.4) is 0 Å². The van der Waals surface area contributed by atoms with Gasteiger partial charge in [-0.1, -0.05) is 91.5 Å². The Morgan fingerprint density at radius 2 is 1.57 bits per heavy atom. The molecule has 21 heavy (non-hydrogen) atoms. The number of rotatable bonds is 3. The molecule has 0 saturated carbocycles. The van der Waals surface area contributed by atoms with Crippen LogP contribution >= 0.6 is 0 Å². The maximum Gasteiger partial charge on any atom is 0.202 e. The Kier molecular flexibility index (Phi) is 3.59. The fourth-order valence-corrected chi connectivity index (χ4v) is 3.34. The van der Waals surface area contributed by atoms with E-state index in [1.54, 1.807) is 0 Å². The van der Waals surface area contributed by atoms with Gasteiger partial charge in [-0.25, -0.2) is 0 Å². The zero-order valence-corrected chi connectivity index (χ0v) is 12.8. The van der Waals surface area contributed by atoms with Gasteiger partial charge in [-0.15, -0.1) is 5.98 Å². The molecule has 0 fully saturated rings. The van der Waals surface area contributed by atoms with Crippen LogP contribution < -0.4 is 5.46 Å². The van der Waals surface area contributed by atoms with Crippen molar-refractivity contribution in [3.8, 4) is 0 Å². The maximum atomic E-state index is 4.27. The van der Waals surface area contributed by atoms with E-state index in [9.17, 15) is 0 Å². The van der Waals surface area contributed by atoms with Crippen LogP contribution in [0.4, 0.5) is 0 Å². The molecule has 1 aliphatic heterocycles. The molecule has 1 unspecified atom stereocenters. The van der Waals surface area contributed by atoms with Gasteiger partial charge in [0.2, 0.25) is 6.71 Å². The summed E-state index contributed by atoms with van der Waals surface area (Å²) >= 11 is 0. The van der Waals surface area contributed by atoms with Gasteiger partial charge in [0.15, 0.2) is 0 Å². The molecule has 1 aliphatic rings. The van der Waals surface area contributed by atoms with E-state index in [1.165, 1.54) is 22.2 Å². The Labute approximate surface area is 128 Å². The first-order valence-corrected chi connectivity index (χ1v) is 7.60. The van der Waals surface area contributed by atoms with Gasteiger partial charge in [-0.3, -0.25) is 0 Å². The fourth-order valence-electron chi connectivity index (χ4n) is 3.34. The monoisotopic (exact) mass is 272 g/mol. The van der Waals surface area contributed by atoms with Crippen LogP contribution in [0.1, 0.15) is 19.4 Å². The second kappa shape index (κ2) is 5.40. The number of benzene rings is 2. The van der Waals surface area contributed by atoms with Crippen LogP contribution in [0.2, 0.25) is 6.32 Å². The molecule has 1 atom stereocenters. The lowest BCUT2D eigenvalue weighted by Gasteiger charge is -2.30. The number of allylic oxidation sites excluding steroid dienone is 2. The molecule has 0 saturated heterocycles. The molecule has 0 N–H and O–H groups in total. The van der Waals surface area contributed by atoms with E-state index in [4.69, 9.17) is 0 Å². The van der Waals surface area contributed by atoms with Crippen molar-refractivity contribution in [2.24, 2.45) is 5.41 Å². The predicted octanol–water partition coefficient (Wildman–Crippen LogP) is 4.61. The summed E-state index contributed by atoms with van der Waals surface area (Å²) in [4.78, 5) is 0. The summed E-state index contributed by atoms with van der Waals surface area (Å²) < 4.78 is 0. The molecule has 0 aliphatic carbocycles. The predicted molar refractivity (Wildman–Crippen MR) is 94.0 cm³/mol. The van der Waals surface area contributed by atoms with Gasteiger partial charge in [-0.05, 0) is 18.1 Å². The minimum absolute atomic E-state index is 0.0574. The minimum atomic E-state index is 0.0574. The first-order valence-electron chi connectivity index (χ1n) is 7.60. The van der Waals surface area contributed by atoms with Gasteiger partial charge in [0, 0.05) is 5.41 Å². The van der Waals surface area contributed by atoms with Crippen LogP contribution in [0.5, 0.6) is 0 Å². The summed E-state index contributed by atoms with van der Waals surface area (Å²) in [6.07, 6.45) is 1.11. The highest BCUT2D eigenvalue weighted by atomic mass is 14.3. The number of hydrogen-bond donors (Lipinski definition) is 0. The molecule has 0 radical (unpaired) electrons. The summed E-state index contributed by atoms with van der Waals surface area (Å²) in [6.45, 7) is 9.23. The molecule has 1 heteroatoms. The summed E-state index contributed by atoms with van der Waals surface area (Å²) in [5, 5.41) is 0. The van der Waals surface area contributed by atoms with Gasteiger partial charge >= 0.3 is 0 Å². The molecule has 0 aromatic heterocycles. The van der Waals surface area contributed by atoms with E-state index >= 15 is 0 Å². The van der Waals surface area contributed by atoms with Crippen molar-refractivity contribution in [1.82, 2.24) is 0 Å². The third-order valence-corrected chi connectivity index (χ3v) is 4.84. The zero-order valence-electron chi connectivity index (χ0n) is 12.8. The molecule has 2 aromatic rings. The van der Waals surface area contributed by atoms with Gasteiger partial charge in [0.1, 0.15) is 0 Å². The molecule has 3 rings (SSSR count). The van der Waals surface area contributed by atoms with E-state index in [2.05, 4.69) is 87.1 Å². The molecule has 1 heterocycles. The average molecular weight is 272 g/mol. The first-order chi connectivity index (χ1) is 10.1. The Bertz CT molecular complexity index is 669. The van der Waals surface area contributed by atoms with Crippen molar-refractivity contribution >= 4 is 17.7 Å². The van der Waals surface area contributed by atoms with E-state index in [-0.39, 0.29) is 5.41 Å². The standard InChI is InChI=1S/C20H21B/c1-16(2)20(3)15-21(18-12-8-5-9-13-18)14-19(20)17-10-6-4-7-11-17/h4-14H,1,15H2,2-3H3. The molecular weight excluding hydrogens is 251 g/mol. The van der Waals surface area contributed by atoms with Crippen molar-refractivity contribution in [3.63, 3.8) is 0 Å². The topological polar surface area (TPSA) is 0 Å². The van der Waals surface area contributed by atoms with Gasteiger partial charge in [0.05, 0.1) is 0 Å². The summed E-state index contributed by atoms with van der Waals surface area (Å²) in [5.74, 6) is 2.44. The van der Waals surface area contributed by atoms with Crippen molar-refractivity contribution in [2.75, 3.05) is 0 Å². The Morgan fingerprint density at radius 1 is 1.00 bits per heavy atom. The average Bonchev–Trinajstić information content (AvgIpc) is 2.88. The molecule has 0 nitrogen and oxygen atoms in total. The van der Waals surface area contributed by atoms with Crippen molar-refractivity contribution in [1.29, 1.82) is 0 Å². The fraction of sp³-hybridized carbons (Fsp3) is 0.200. The molecule has 0 bridgehead atoms. The SMILES string of the molecule is C=C(C)C1(C)CB(c2ccccc2)C=C1c1ccccc1. The second-order valence-electron chi connectivity index (χ2n) is 6.28. The lowest BCUT2D eigenvalue weighted by molar-refractivity contribution is 0.610. The molecule has 0 amide bonds. The largest absolute Gasteiger partial charge is 0.202 e. The van der Waals surface area contributed by atoms with Crippen LogP contribution in [0.15, 0.2) is 78.8 Å². The van der Waals surface area contributed by atoms with Crippen molar-refractivity contribution in [2.45, 2.75) is 20.2 Å². The lowest BCUT2D eigenvalue weighted by Crippen LogP contribution is -2.29. The van der Waals surface area contributed by atoms with Crippen molar-refractivity contribution in [3.05, 3.63) is 84.4 Å². The minimum Gasteiger partial charge on any atom is -0.105 e. The Balaban J connectivity index is 2.06. The maximum absolute atomic E-state index is 4.27. The Morgan fingerprint density at radius 3 is 2.14 bits per heavy atom. The highest BCUT2D eigenvalue weighted by molar-refractivity contribution is 6.80. The van der Waals surface area contributed by atoms with Crippen LogP contribution in [-0.2, 0) is 0 Å². The number of hydrogen-bond acceptors (Lipinski definition) is 0. The molecular formula is C20H21B. The molecule has 2 aromatic carbocycles. The smallest absolute Gasteiger partial charge is 0.105 e. The Hall–Kier alpha value is -2.02. The summed E-state index contributed by atoms with van der Waals surface area (Å²) in [6, 6.07) is 21.5. The normalized spacial score (nSPS) is 21.2. The van der Waals surface area contributed by atoms with Gasteiger partial charge < -0.3 is 0 Å². The van der Waals surface area contributed by atoms with E-state index in [1.807, 2.05) is 0 Å². The van der Waals surface area contributed by atoms with Gasteiger partial charge in [0.25, 0.3) is 0 Å². The van der Waals surface area contributed by atoms with E-state index < -0.39 is 0 Å². The van der Waals surface area contributed by atoms with Crippen LogP contribution in [0, 0.1) is 5.41 Å². The quantitative estimate of drug-likeness (QED) is 0.565. The highest BCUT2D eigenvalue weighted by Crippen LogP contribution is 2.49. The van der Waals surface area contributed by atoms with Crippen LogP contribution in [0.25, 0.3) is 5.57 Å². The molecule has 0 spiro atoms. The summed E-state index contributed by atoms with van der Waals surface area (Å²) in [7, 11) is 0. The van der Waals surface area contributed by atoms with Crippen LogP contribution in [-0.4, -0.2) is 6.71 Å². The highest BCUT2D eigenvalue weighted by Gasteiger charge is 2.40. The second-order valence-corrected chi connectivity index (χ2v) is 6.28. The summed E-state index contributed by atoms with van der Waals surface area (Å²) in [5.41, 5.74) is 5.44. The lowest BCUT2D eigenvalue weighted by atomic mass is 9.43. The molecule has 104 valence electrons. The van der Waals surface area contributed by atoms with E-state index in [0.29, 0.717) is 6.71 Å². The third-order valence-electron chi connectivity index (χ3n) is 4.84. The van der Waals surface area contributed by atoms with Gasteiger partial charge in [-0.2, -0.15) is 0 Å². The first kappa shape index (κ1) is 13.9. The van der Waals surface area contributed by atoms with E-state index in [0.717, 1.165) is 6.32 Å². The zero-order chi connectivity index (χ0) is 14.9.